The summed E-state index contributed by atoms with van der Waals surface area (Å²) in [4.78, 5) is 14.5. The second-order valence-corrected chi connectivity index (χ2v) is 4.28. The van der Waals surface area contributed by atoms with Crippen molar-refractivity contribution in [3.63, 3.8) is 0 Å². The van der Waals surface area contributed by atoms with Crippen molar-refractivity contribution in [3.8, 4) is 0 Å². The van der Waals surface area contributed by atoms with Crippen molar-refractivity contribution in [2.45, 2.75) is 38.6 Å². The van der Waals surface area contributed by atoms with E-state index in [9.17, 15) is 4.79 Å². The van der Waals surface area contributed by atoms with Gasteiger partial charge in [0.2, 0.25) is 0 Å². The molecule has 14 heavy (non-hydrogen) atoms. The van der Waals surface area contributed by atoms with E-state index in [-0.39, 0.29) is 0 Å². The molecule has 0 bridgehead atoms. The maximum atomic E-state index is 10.5. The Labute approximate surface area is 84.1 Å². The van der Waals surface area contributed by atoms with Crippen LogP contribution in [0.1, 0.15) is 49.1 Å². The first-order valence-corrected chi connectivity index (χ1v) is 5.28. The predicted molar refractivity (Wildman–Crippen MR) is 54.3 cm³/mol. The van der Waals surface area contributed by atoms with Gasteiger partial charge >= 0.3 is 0 Å². The van der Waals surface area contributed by atoms with E-state index in [0.717, 1.165) is 12.2 Å². The Balaban J connectivity index is 2.04. The van der Waals surface area contributed by atoms with Gasteiger partial charge in [0.05, 0.1) is 6.33 Å². The third-order valence-electron chi connectivity index (χ3n) is 3.15. The molecule has 0 aliphatic heterocycles. The van der Waals surface area contributed by atoms with Crippen LogP contribution in [0.5, 0.6) is 0 Å². The predicted octanol–water partition coefficient (Wildman–Crippen LogP) is 2.45. The number of hydrogen-bond acceptors (Lipinski definition) is 2. The molecule has 3 heteroatoms. The third-order valence-corrected chi connectivity index (χ3v) is 3.15. The lowest BCUT2D eigenvalue weighted by molar-refractivity contribution is 0.111. The van der Waals surface area contributed by atoms with Gasteiger partial charge in [-0.15, -0.1) is 0 Å². The molecular formula is C11H16N2O. The first-order chi connectivity index (χ1) is 6.79. The lowest BCUT2D eigenvalue weighted by Crippen LogP contribution is -2.15. The van der Waals surface area contributed by atoms with Crippen molar-refractivity contribution >= 4 is 6.29 Å². The molecule has 0 N–H and O–H groups in total. The van der Waals surface area contributed by atoms with Crippen LogP contribution >= 0.6 is 0 Å². The topological polar surface area (TPSA) is 34.9 Å². The van der Waals surface area contributed by atoms with Crippen molar-refractivity contribution in [1.29, 1.82) is 0 Å². The van der Waals surface area contributed by atoms with Crippen LogP contribution < -0.4 is 0 Å². The fourth-order valence-electron chi connectivity index (χ4n) is 2.15. The molecule has 0 spiro atoms. The lowest BCUT2D eigenvalue weighted by Gasteiger charge is -2.26. The summed E-state index contributed by atoms with van der Waals surface area (Å²) in [5.41, 5.74) is 0.545. The quantitative estimate of drug-likeness (QED) is 0.674. The van der Waals surface area contributed by atoms with Gasteiger partial charge in [-0.3, -0.25) is 4.79 Å². The van der Waals surface area contributed by atoms with Crippen LogP contribution in [0.15, 0.2) is 12.5 Å². The van der Waals surface area contributed by atoms with E-state index in [1.165, 1.54) is 25.7 Å². The van der Waals surface area contributed by atoms with Crippen molar-refractivity contribution in [3.05, 3.63) is 18.2 Å². The number of aldehydes is 1. The molecule has 0 aromatic carbocycles. The fraction of sp³-hybridized carbons (Fsp3) is 0.636. The highest BCUT2D eigenvalue weighted by Crippen LogP contribution is 2.31. The Kier molecular flexibility index (Phi) is 2.66. The largest absolute Gasteiger partial charge is 0.334 e. The summed E-state index contributed by atoms with van der Waals surface area (Å²) < 4.78 is 2.09. The van der Waals surface area contributed by atoms with E-state index in [1.54, 1.807) is 6.33 Å². The molecule has 0 amide bonds. The van der Waals surface area contributed by atoms with Crippen LogP contribution in [0.25, 0.3) is 0 Å². The maximum Gasteiger partial charge on any atom is 0.169 e. The molecular weight excluding hydrogens is 176 g/mol. The van der Waals surface area contributed by atoms with Gasteiger partial charge in [0.25, 0.3) is 0 Å². The monoisotopic (exact) mass is 192 g/mol. The number of imidazole rings is 1. The summed E-state index contributed by atoms with van der Waals surface area (Å²) in [7, 11) is 0. The number of carbonyl (C=O) groups is 1. The highest BCUT2D eigenvalue weighted by Gasteiger charge is 2.19. The minimum absolute atomic E-state index is 0.545. The second-order valence-electron chi connectivity index (χ2n) is 4.28. The van der Waals surface area contributed by atoms with E-state index in [0.29, 0.717) is 11.7 Å². The van der Waals surface area contributed by atoms with Crippen molar-refractivity contribution in [1.82, 2.24) is 9.55 Å². The first kappa shape index (κ1) is 9.44. The molecule has 0 atom stereocenters. The first-order valence-electron chi connectivity index (χ1n) is 5.28. The summed E-state index contributed by atoms with van der Waals surface area (Å²) in [5.74, 6) is 0.861. The summed E-state index contributed by atoms with van der Waals surface area (Å²) in [6.07, 6.45) is 9.46. The Morgan fingerprint density at radius 2 is 2.14 bits per heavy atom. The number of carbonyl (C=O) groups excluding carboxylic acids is 1. The average molecular weight is 192 g/mol. The molecule has 1 aliphatic carbocycles. The van der Waals surface area contributed by atoms with Gasteiger partial charge in [-0.25, -0.2) is 4.98 Å². The molecule has 1 aromatic heterocycles. The van der Waals surface area contributed by atoms with E-state index < -0.39 is 0 Å². The maximum absolute atomic E-state index is 10.5. The Bertz CT molecular complexity index is 311. The molecule has 1 fully saturated rings. The van der Waals surface area contributed by atoms with Crippen molar-refractivity contribution in [2.75, 3.05) is 0 Å². The zero-order valence-corrected chi connectivity index (χ0v) is 8.52. The lowest BCUT2D eigenvalue weighted by atomic mass is 9.87. The highest BCUT2D eigenvalue weighted by molar-refractivity contribution is 5.70. The van der Waals surface area contributed by atoms with Crippen LogP contribution in [0.2, 0.25) is 0 Å². The zero-order chi connectivity index (χ0) is 9.97. The van der Waals surface area contributed by atoms with Gasteiger partial charge < -0.3 is 4.57 Å². The SMILES string of the molecule is C[C@H]1CC[C@@H](n2cnc(C=O)c2)CC1. The van der Waals surface area contributed by atoms with Crippen LogP contribution in [0.3, 0.4) is 0 Å². The number of nitrogens with zero attached hydrogens (tertiary/aromatic N) is 2. The number of aromatic nitrogens is 2. The number of rotatable bonds is 2. The van der Waals surface area contributed by atoms with Crippen LogP contribution in [-0.2, 0) is 0 Å². The summed E-state index contributed by atoms with van der Waals surface area (Å²) >= 11 is 0. The molecule has 3 nitrogen and oxygen atoms in total. The average Bonchev–Trinajstić information content (AvgIpc) is 2.67. The van der Waals surface area contributed by atoms with Gasteiger partial charge in [-0.2, -0.15) is 0 Å². The molecule has 76 valence electrons. The molecule has 0 unspecified atom stereocenters. The molecule has 1 saturated carbocycles. The van der Waals surface area contributed by atoms with E-state index in [2.05, 4.69) is 16.5 Å². The Hall–Kier alpha value is -1.12. The highest BCUT2D eigenvalue weighted by atomic mass is 16.1. The summed E-state index contributed by atoms with van der Waals surface area (Å²) in [6.45, 7) is 2.31. The minimum Gasteiger partial charge on any atom is -0.334 e. The second kappa shape index (κ2) is 3.95. The van der Waals surface area contributed by atoms with Crippen molar-refractivity contribution < 1.29 is 4.79 Å². The van der Waals surface area contributed by atoms with Gasteiger partial charge in [0.15, 0.2) is 6.29 Å². The minimum atomic E-state index is 0.545. The fourth-order valence-corrected chi connectivity index (χ4v) is 2.15. The standard InChI is InChI=1S/C11H16N2O/c1-9-2-4-11(5-3-9)13-6-10(7-14)12-8-13/h6-9,11H,2-5H2,1H3/t9-,11+. The van der Waals surface area contributed by atoms with Gasteiger partial charge in [0.1, 0.15) is 5.69 Å². The smallest absolute Gasteiger partial charge is 0.169 e. The van der Waals surface area contributed by atoms with Gasteiger partial charge in [-0.1, -0.05) is 6.92 Å². The molecule has 1 aliphatic rings. The van der Waals surface area contributed by atoms with Crippen molar-refractivity contribution in [2.24, 2.45) is 5.92 Å². The van der Waals surface area contributed by atoms with E-state index in [1.807, 2.05) is 6.20 Å². The molecule has 0 radical (unpaired) electrons. The molecule has 2 rings (SSSR count). The third kappa shape index (κ3) is 1.86. The summed E-state index contributed by atoms with van der Waals surface area (Å²) in [5, 5.41) is 0. The van der Waals surface area contributed by atoms with Gasteiger partial charge in [-0.05, 0) is 31.6 Å². The molecule has 0 saturated heterocycles. The molecule has 1 aromatic rings. The van der Waals surface area contributed by atoms with Crippen LogP contribution in [-0.4, -0.2) is 15.8 Å². The Morgan fingerprint density at radius 1 is 1.43 bits per heavy atom. The summed E-state index contributed by atoms with van der Waals surface area (Å²) in [6, 6.07) is 0.562. The molecule has 1 heterocycles. The Morgan fingerprint density at radius 3 is 2.71 bits per heavy atom. The van der Waals surface area contributed by atoms with E-state index in [4.69, 9.17) is 0 Å². The van der Waals surface area contributed by atoms with Crippen LogP contribution in [0.4, 0.5) is 0 Å². The van der Waals surface area contributed by atoms with Gasteiger partial charge in [0, 0.05) is 12.2 Å². The van der Waals surface area contributed by atoms with E-state index >= 15 is 0 Å². The zero-order valence-electron chi connectivity index (χ0n) is 8.52. The number of hydrogen-bond donors (Lipinski definition) is 0. The normalized spacial score (nSPS) is 27.5. The van der Waals surface area contributed by atoms with Crippen LogP contribution in [0, 0.1) is 5.92 Å².